The van der Waals surface area contributed by atoms with Crippen LogP contribution in [0.1, 0.15) is 28.6 Å². The second kappa shape index (κ2) is 5.79. The van der Waals surface area contributed by atoms with Gasteiger partial charge in [0.15, 0.2) is 0 Å². The average Bonchev–Trinajstić information content (AvgIpc) is 2.85. The van der Waals surface area contributed by atoms with Crippen LogP contribution in [-0.2, 0) is 11.2 Å². The lowest BCUT2D eigenvalue weighted by Gasteiger charge is -2.33. The van der Waals surface area contributed by atoms with Gasteiger partial charge >= 0.3 is 5.97 Å². The predicted molar refractivity (Wildman–Crippen MR) is 83.0 cm³/mol. The molecular formula is C17H17NO5. The number of carboxylic acid groups (broad SMARTS) is 1. The van der Waals surface area contributed by atoms with Gasteiger partial charge in [0.2, 0.25) is 0 Å². The standard InChI is InChI=1S/C17H17NO5/c1-10-9-22-14(7-15(19)20)16(10)17(21)18-8-11(2)23-13-6-4-3-5-12(13)18/h3-6,9,11H,7-8H2,1-2H3,(H,19,20). The molecule has 0 saturated heterocycles. The third kappa shape index (κ3) is 2.79. The fourth-order valence-corrected chi connectivity index (χ4v) is 2.77. The number of hydrogen-bond donors (Lipinski definition) is 1. The fraction of sp³-hybridized carbons (Fsp3) is 0.294. The minimum Gasteiger partial charge on any atom is -0.487 e. The van der Waals surface area contributed by atoms with Crippen molar-refractivity contribution in [2.24, 2.45) is 0 Å². The van der Waals surface area contributed by atoms with E-state index in [0.717, 1.165) is 0 Å². The smallest absolute Gasteiger partial charge is 0.311 e. The van der Waals surface area contributed by atoms with Gasteiger partial charge in [-0.15, -0.1) is 0 Å². The molecule has 120 valence electrons. The molecule has 1 aromatic carbocycles. The molecule has 23 heavy (non-hydrogen) atoms. The van der Waals surface area contributed by atoms with Crippen LogP contribution in [0, 0.1) is 6.92 Å². The van der Waals surface area contributed by atoms with Gasteiger partial charge in [-0.1, -0.05) is 12.1 Å². The molecular weight excluding hydrogens is 298 g/mol. The number of carboxylic acids is 1. The molecule has 1 unspecified atom stereocenters. The summed E-state index contributed by atoms with van der Waals surface area (Å²) in [6.07, 6.45) is 0.946. The summed E-state index contributed by atoms with van der Waals surface area (Å²) in [5.41, 5.74) is 1.62. The summed E-state index contributed by atoms with van der Waals surface area (Å²) in [6, 6.07) is 7.30. The van der Waals surface area contributed by atoms with E-state index in [1.807, 2.05) is 31.2 Å². The minimum atomic E-state index is -1.04. The van der Waals surface area contributed by atoms with E-state index in [2.05, 4.69) is 0 Å². The molecule has 0 spiro atoms. The molecule has 1 amide bonds. The first-order chi connectivity index (χ1) is 11.0. The molecule has 0 saturated carbocycles. The van der Waals surface area contributed by atoms with Crippen LogP contribution < -0.4 is 9.64 Å². The number of fused-ring (bicyclic) bond motifs is 1. The van der Waals surface area contributed by atoms with Gasteiger partial charge in [-0.25, -0.2) is 0 Å². The molecule has 1 N–H and O–H groups in total. The fourth-order valence-electron chi connectivity index (χ4n) is 2.77. The summed E-state index contributed by atoms with van der Waals surface area (Å²) in [6.45, 7) is 4.02. The quantitative estimate of drug-likeness (QED) is 0.942. The van der Waals surface area contributed by atoms with Crippen LogP contribution in [0.2, 0.25) is 0 Å². The lowest BCUT2D eigenvalue weighted by Crippen LogP contribution is -2.42. The van der Waals surface area contributed by atoms with E-state index < -0.39 is 5.97 Å². The molecule has 0 aliphatic carbocycles. The molecule has 6 nitrogen and oxygen atoms in total. The van der Waals surface area contributed by atoms with E-state index in [9.17, 15) is 9.59 Å². The second-order valence-corrected chi connectivity index (χ2v) is 5.60. The van der Waals surface area contributed by atoms with Gasteiger partial charge in [-0.05, 0) is 26.0 Å². The summed E-state index contributed by atoms with van der Waals surface area (Å²) in [5, 5.41) is 8.99. The number of nitrogens with zero attached hydrogens (tertiary/aromatic N) is 1. The third-order valence-corrected chi connectivity index (χ3v) is 3.75. The Morgan fingerprint density at radius 3 is 2.83 bits per heavy atom. The van der Waals surface area contributed by atoms with Crippen molar-refractivity contribution in [1.82, 2.24) is 0 Å². The maximum absolute atomic E-state index is 13.0. The summed E-state index contributed by atoms with van der Waals surface area (Å²) in [5.74, 6) is -0.489. The van der Waals surface area contributed by atoms with Gasteiger partial charge in [0.25, 0.3) is 5.91 Å². The Morgan fingerprint density at radius 1 is 1.35 bits per heavy atom. The van der Waals surface area contributed by atoms with Gasteiger partial charge in [0.05, 0.1) is 24.1 Å². The van der Waals surface area contributed by atoms with Crippen molar-refractivity contribution in [3.05, 3.63) is 47.4 Å². The zero-order chi connectivity index (χ0) is 16.6. The molecule has 1 aromatic heterocycles. The Kier molecular flexibility index (Phi) is 3.82. The van der Waals surface area contributed by atoms with E-state index in [-0.39, 0.29) is 24.2 Å². The van der Waals surface area contributed by atoms with Crippen molar-refractivity contribution in [2.75, 3.05) is 11.4 Å². The van der Waals surface area contributed by atoms with E-state index in [1.165, 1.54) is 6.26 Å². The van der Waals surface area contributed by atoms with Crippen molar-refractivity contribution in [3.8, 4) is 5.75 Å². The highest BCUT2D eigenvalue weighted by atomic mass is 16.5. The number of rotatable bonds is 3. The van der Waals surface area contributed by atoms with E-state index in [1.54, 1.807) is 11.8 Å². The van der Waals surface area contributed by atoms with Crippen LogP contribution in [0.3, 0.4) is 0 Å². The average molecular weight is 315 g/mol. The van der Waals surface area contributed by atoms with Crippen LogP contribution in [0.5, 0.6) is 5.75 Å². The maximum atomic E-state index is 13.0. The van der Waals surface area contributed by atoms with Crippen LogP contribution in [0.15, 0.2) is 34.9 Å². The van der Waals surface area contributed by atoms with Crippen molar-refractivity contribution in [2.45, 2.75) is 26.4 Å². The Bertz CT molecular complexity index is 764. The van der Waals surface area contributed by atoms with Crippen LogP contribution in [-0.4, -0.2) is 29.6 Å². The summed E-state index contributed by atoms with van der Waals surface area (Å²) in [7, 11) is 0. The second-order valence-electron chi connectivity index (χ2n) is 5.60. The highest BCUT2D eigenvalue weighted by Crippen LogP contribution is 2.35. The van der Waals surface area contributed by atoms with E-state index in [4.69, 9.17) is 14.3 Å². The van der Waals surface area contributed by atoms with Gasteiger partial charge < -0.3 is 19.2 Å². The van der Waals surface area contributed by atoms with Crippen LogP contribution in [0.4, 0.5) is 5.69 Å². The van der Waals surface area contributed by atoms with Crippen molar-refractivity contribution in [1.29, 1.82) is 0 Å². The number of para-hydroxylation sites is 2. The van der Waals surface area contributed by atoms with Gasteiger partial charge in [-0.2, -0.15) is 0 Å². The number of carbonyl (C=O) groups excluding carboxylic acids is 1. The van der Waals surface area contributed by atoms with E-state index >= 15 is 0 Å². The maximum Gasteiger partial charge on any atom is 0.311 e. The van der Waals surface area contributed by atoms with Gasteiger partial charge in [-0.3, -0.25) is 9.59 Å². The van der Waals surface area contributed by atoms with Crippen molar-refractivity contribution < 1.29 is 23.8 Å². The lowest BCUT2D eigenvalue weighted by atomic mass is 10.1. The summed E-state index contributed by atoms with van der Waals surface area (Å²) >= 11 is 0. The number of aliphatic carboxylic acids is 1. The number of anilines is 1. The molecule has 1 aliphatic rings. The molecule has 0 fully saturated rings. The molecule has 2 aromatic rings. The topological polar surface area (TPSA) is 80.0 Å². The number of amides is 1. The minimum absolute atomic E-state index is 0.149. The number of benzene rings is 1. The predicted octanol–water partition coefficient (Wildman–Crippen LogP) is 2.64. The lowest BCUT2D eigenvalue weighted by molar-refractivity contribution is -0.136. The Labute approximate surface area is 133 Å². The number of ether oxygens (including phenoxy) is 1. The zero-order valence-corrected chi connectivity index (χ0v) is 12.9. The summed E-state index contributed by atoms with van der Waals surface area (Å²) < 4.78 is 11.0. The number of furan rings is 1. The van der Waals surface area contributed by atoms with Crippen molar-refractivity contribution in [3.63, 3.8) is 0 Å². The molecule has 2 heterocycles. The first-order valence-corrected chi connectivity index (χ1v) is 7.33. The third-order valence-electron chi connectivity index (χ3n) is 3.75. The molecule has 0 radical (unpaired) electrons. The normalized spacial score (nSPS) is 16.6. The molecule has 1 aliphatic heterocycles. The number of carbonyl (C=O) groups is 2. The Balaban J connectivity index is 2.01. The van der Waals surface area contributed by atoms with Crippen LogP contribution in [0.25, 0.3) is 0 Å². The van der Waals surface area contributed by atoms with E-state index in [0.29, 0.717) is 29.1 Å². The first-order valence-electron chi connectivity index (χ1n) is 7.33. The Morgan fingerprint density at radius 2 is 2.09 bits per heavy atom. The van der Waals surface area contributed by atoms with Gasteiger partial charge in [0.1, 0.15) is 24.0 Å². The zero-order valence-electron chi connectivity index (χ0n) is 12.9. The summed E-state index contributed by atoms with van der Waals surface area (Å²) in [4.78, 5) is 25.6. The monoisotopic (exact) mass is 315 g/mol. The number of hydrogen-bond acceptors (Lipinski definition) is 4. The van der Waals surface area contributed by atoms with Crippen molar-refractivity contribution >= 4 is 17.6 Å². The number of aryl methyl sites for hydroxylation is 1. The largest absolute Gasteiger partial charge is 0.487 e. The highest BCUT2D eigenvalue weighted by Gasteiger charge is 2.31. The Hall–Kier alpha value is -2.76. The van der Waals surface area contributed by atoms with Gasteiger partial charge in [0, 0.05) is 5.56 Å². The van der Waals surface area contributed by atoms with Crippen LogP contribution >= 0.6 is 0 Å². The molecule has 1 atom stereocenters. The molecule has 6 heteroatoms. The highest BCUT2D eigenvalue weighted by molar-refractivity contribution is 6.09. The first kappa shape index (κ1) is 15.1. The molecule has 0 bridgehead atoms. The SMILES string of the molecule is Cc1coc(CC(=O)O)c1C(=O)N1CC(C)Oc2ccccc21. The molecule has 3 rings (SSSR count).